The fourth-order valence-corrected chi connectivity index (χ4v) is 3.63. The summed E-state index contributed by atoms with van der Waals surface area (Å²) in [5.74, 6) is 2.35. The normalized spacial score (nSPS) is 14.9. The van der Waals surface area contributed by atoms with Crippen LogP contribution in [0.1, 0.15) is 18.4 Å². The topological polar surface area (TPSA) is 59.1 Å². The van der Waals surface area contributed by atoms with Gasteiger partial charge in [-0.1, -0.05) is 23.7 Å². The number of fused-ring (bicyclic) bond motifs is 1. The van der Waals surface area contributed by atoms with E-state index >= 15 is 0 Å². The van der Waals surface area contributed by atoms with Crippen molar-refractivity contribution in [3.8, 4) is 5.75 Å². The van der Waals surface area contributed by atoms with Crippen molar-refractivity contribution < 1.29 is 4.74 Å². The van der Waals surface area contributed by atoms with Crippen molar-refractivity contribution >= 4 is 28.3 Å². The summed E-state index contributed by atoms with van der Waals surface area (Å²) >= 11 is 5.94. The second-order valence-corrected chi connectivity index (χ2v) is 7.65. The van der Waals surface area contributed by atoms with E-state index in [0.717, 1.165) is 60.2 Å². The molecule has 1 fully saturated rings. The van der Waals surface area contributed by atoms with E-state index in [1.54, 1.807) is 6.33 Å². The van der Waals surface area contributed by atoms with Crippen molar-refractivity contribution in [1.29, 1.82) is 0 Å². The summed E-state index contributed by atoms with van der Waals surface area (Å²) in [6, 6.07) is 14.0. The van der Waals surface area contributed by atoms with Gasteiger partial charge in [0.05, 0.1) is 12.1 Å². The second-order valence-electron chi connectivity index (χ2n) is 7.21. The van der Waals surface area contributed by atoms with Crippen LogP contribution in [-0.2, 0) is 6.42 Å². The van der Waals surface area contributed by atoms with E-state index in [9.17, 15) is 0 Å². The first-order chi connectivity index (χ1) is 13.8. The average molecular weight is 397 g/mol. The van der Waals surface area contributed by atoms with Gasteiger partial charge in [0.25, 0.3) is 0 Å². The van der Waals surface area contributed by atoms with Crippen molar-refractivity contribution in [3.63, 3.8) is 0 Å². The maximum atomic E-state index is 6.02. The van der Waals surface area contributed by atoms with Crippen molar-refractivity contribution in [3.05, 3.63) is 59.4 Å². The summed E-state index contributed by atoms with van der Waals surface area (Å²) in [6.07, 6.45) is 4.86. The fourth-order valence-electron chi connectivity index (χ4n) is 3.51. The Morgan fingerprint density at radius 2 is 1.89 bits per heavy atom. The molecular weight excluding hydrogens is 372 g/mol. The second kappa shape index (κ2) is 9.22. The number of benzene rings is 2. The van der Waals surface area contributed by atoms with Gasteiger partial charge in [0.15, 0.2) is 0 Å². The Hall–Kier alpha value is -2.37. The number of ether oxygens (including phenoxy) is 1. The van der Waals surface area contributed by atoms with Crippen molar-refractivity contribution in [1.82, 2.24) is 15.3 Å². The molecular formula is C22H25ClN4O. The van der Waals surface area contributed by atoms with Gasteiger partial charge in [-0.25, -0.2) is 9.97 Å². The van der Waals surface area contributed by atoms with Gasteiger partial charge in [0, 0.05) is 23.0 Å². The predicted molar refractivity (Wildman–Crippen MR) is 114 cm³/mol. The molecule has 1 saturated heterocycles. The SMILES string of the molecule is Clc1ccc(CCNc2ncnc3cc(OCC4CCNCC4)ccc23)cc1. The predicted octanol–water partition coefficient (Wildman–Crippen LogP) is 4.32. The van der Waals surface area contributed by atoms with E-state index in [4.69, 9.17) is 16.3 Å². The Balaban J connectivity index is 1.38. The highest BCUT2D eigenvalue weighted by Gasteiger charge is 2.14. The van der Waals surface area contributed by atoms with E-state index in [2.05, 4.69) is 20.6 Å². The highest BCUT2D eigenvalue weighted by atomic mass is 35.5. The first-order valence-corrected chi connectivity index (χ1v) is 10.2. The number of hydrogen-bond donors (Lipinski definition) is 2. The maximum absolute atomic E-state index is 6.02. The first-order valence-electron chi connectivity index (χ1n) is 9.84. The smallest absolute Gasteiger partial charge is 0.137 e. The minimum atomic E-state index is 0.632. The summed E-state index contributed by atoms with van der Waals surface area (Å²) in [4.78, 5) is 8.83. The minimum absolute atomic E-state index is 0.632. The van der Waals surface area contributed by atoms with E-state index in [1.807, 2.05) is 42.5 Å². The Morgan fingerprint density at radius 3 is 2.71 bits per heavy atom. The molecule has 0 bridgehead atoms. The molecule has 4 rings (SSSR count). The van der Waals surface area contributed by atoms with Crippen LogP contribution in [0.3, 0.4) is 0 Å². The molecule has 146 valence electrons. The molecule has 2 heterocycles. The van der Waals surface area contributed by atoms with Gasteiger partial charge in [-0.05, 0) is 68.1 Å². The number of piperidine rings is 1. The van der Waals surface area contributed by atoms with Crippen molar-refractivity contribution in [2.24, 2.45) is 5.92 Å². The van der Waals surface area contributed by atoms with E-state index in [1.165, 1.54) is 18.4 Å². The van der Waals surface area contributed by atoms with Gasteiger partial charge in [0.1, 0.15) is 17.9 Å². The Kier molecular flexibility index (Phi) is 6.24. The maximum Gasteiger partial charge on any atom is 0.137 e. The monoisotopic (exact) mass is 396 g/mol. The van der Waals surface area contributed by atoms with Crippen LogP contribution in [0.2, 0.25) is 5.02 Å². The van der Waals surface area contributed by atoms with Gasteiger partial charge in [-0.3, -0.25) is 0 Å². The molecule has 28 heavy (non-hydrogen) atoms. The van der Waals surface area contributed by atoms with Gasteiger partial charge >= 0.3 is 0 Å². The van der Waals surface area contributed by atoms with Crippen molar-refractivity contribution in [2.45, 2.75) is 19.3 Å². The molecule has 2 aromatic carbocycles. The Labute approximate surface area is 170 Å². The lowest BCUT2D eigenvalue weighted by atomic mass is 9.99. The van der Waals surface area contributed by atoms with Crippen LogP contribution in [0, 0.1) is 5.92 Å². The lowest BCUT2D eigenvalue weighted by Gasteiger charge is -2.22. The highest BCUT2D eigenvalue weighted by Crippen LogP contribution is 2.25. The third-order valence-electron chi connectivity index (χ3n) is 5.17. The van der Waals surface area contributed by atoms with Gasteiger partial charge in [-0.2, -0.15) is 0 Å². The van der Waals surface area contributed by atoms with E-state index in [-0.39, 0.29) is 0 Å². The molecule has 0 radical (unpaired) electrons. The van der Waals surface area contributed by atoms with Crippen LogP contribution in [0.4, 0.5) is 5.82 Å². The van der Waals surface area contributed by atoms with Crippen LogP contribution in [0.15, 0.2) is 48.8 Å². The minimum Gasteiger partial charge on any atom is -0.493 e. The summed E-state index contributed by atoms with van der Waals surface area (Å²) in [5.41, 5.74) is 2.13. The number of nitrogens with one attached hydrogen (secondary N) is 2. The van der Waals surface area contributed by atoms with Crippen LogP contribution in [-0.4, -0.2) is 36.2 Å². The largest absolute Gasteiger partial charge is 0.493 e. The lowest BCUT2D eigenvalue weighted by Crippen LogP contribution is -2.30. The van der Waals surface area contributed by atoms with Gasteiger partial charge in [0.2, 0.25) is 0 Å². The third kappa shape index (κ3) is 4.91. The molecule has 1 aliphatic rings. The zero-order valence-corrected chi connectivity index (χ0v) is 16.6. The number of anilines is 1. The lowest BCUT2D eigenvalue weighted by molar-refractivity contribution is 0.215. The quantitative estimate of drug-likeness (QED) is 0.623. The molecule has 0 saturated carbocycles. The van der Waals surface area contributed by atoms with E-state index in [0.29, 0.717) is 5.92 Å². The number of rotatable bonds is 7. The summed E-state index contributed by atoms with van der Waals surface area (Å²) in [5, 5.41) is 8.58. The molecule has 3 aromatic rings. The molecule has 1 aromatic heterocycles. The molecule has 6 heteroatoms. The Morgan fingerprint density at radius 1 is 1.07 bits per heavy atom. The number of nitrogens with zero attached hydrogens (tertiary/aromatic N) is 2. The molecule has 0 atom stereocenters. The molecule has 2 N–H and O–H groups in total. The van der Waals surface area contributed by atoms with Gasteiger partial charge in [-0.15, -0.1) is 0 Å². The van der Waals surface area contributed by atoms with Crippen LogP contribution in [0.25, 0.3) is 10.9 Å². The Bertz CT molecular complexity index is 910. The summed E-state index contributed by atoms with van der Waals surface area (Å²) in [7, 11) is 0. The average Bonchev–Trinajstić information content (AvgIpc) is 2.74. The highest BCUT2D eigenvalue weighted by molar-refractivity contribution is 6.30. The first kappa shape index (κ1) is 19.0. The summed E-state index contributed by atoms with van der Waals surface area (Å²) < 4.78 is 6.02. The fraction of sp³-hybridized carbons (Fsp3) is 0.364. The van der Waals surface area contributed by atoms with Crippen LogP contribution >= 0.6 is 11.6 Å². The third-order valence-corrected chi connectivity index (χ3v) is 5.42. The van der Waals surface area contributed by atoms with Crippen LogP contribution < -0.4 is 15.4 Å². The summed E-state index contributed by atoms with van der Waals surface area (Å²) in [6.45, 7) is 3.74. The molecule has 0 unspecified atom stereocenters. The zero-order valence-electron chi connectivity index (χ0n) is 15.8. The van der Waals surface area contributed by atoms with Crippen LogP contribution in [0.5, 0.6) is 5.75 Å². The molecule has 1 aliphatic heterocycles. The zero-order chi connectivity index (χ0) is 19.2. The molecule has 0 aliphatic carbocycles. The number of hydrogen-bond acceptors (Lipinski definition) is 5. The molecule has 0 spiro atoms. The van der Waals surface area contributed by atoms with Crippen molar-refractivity contribution in [2.75, 3.05) is 31.6 Å². The number of aromatic nitrogens is 2. The van der Waals surface area contributed by atoms with Gasteiger partial charge < -0.3 is 15.4 Å². The number of halogens is 1. The standard InChI is InChI=1S/C22H25ClN4O/c23-18-3-1-16(2-4-18)9-12-25-22-20-6-5-19(13-21(20)26-15-27-22)28-14-17-7-10-24-11-8-17/h1-6,13,15,17,24H,7-12,14H2,(H,25,26,27). The molecule has 5 nitrogen and oxygen atoms in total. The molecule has 0 amide bonds. The van der Waals surface area contributed by atoms with E-state index < -0.39 is 0 Å².